The molecular weight excluding hydrogens is 292 g/mol. The van der Waals surface area contributed by atoms with Gasteiger partial charge in [0.05, 0.1) is 19.8 Å². The highest BCUT2D eigenvalue weighted by Crippen LogP contribution is 2.30. The Hall–Kier alpha value is -2.95. The Bertz CT molecular complexity index is 868. The van der Waals surface area contributed by atoms with E-state index < -0.39 is 0 Å². The van der Waals surface area contributed by atoms with Gasteiger partial charge in [-0.05, 0) is 18.2 Å². The standard InChI is InChI=1S/C18H18N2O3/c1-20-11-14(13-6-4-5-7-15(13)20)18(21)19-12-8-9-16(22-2)17(10-12)23-3/h4-11H,1-3H3,(H,19,21). The largest absolute Gasteiger partial charge is 0.493 e. The molecule has 0 fully saturated rings. The van der Waals surface area contributed by atoms with Crippen molar-refractivity contribution in [3.05, 3.63) is 54.2 Å². The van der Waals surface area contributed by atoms with Crippen LogP contribution in [0.3, 0.4) is 0 Å². The molecule has 1 N–H and O–H groups in total. The van der Waals surface area contributed by atoms with Crippen LogP contribution in [-0.2, 0) is 7.05 Å². The number of carbonyl (C=O) groups excluding carboxylic acids is 1. The second-order valence-electron chi connectivity index (χ2n) is 5.19. The van der Waals surface area contributed by atoms with Gasteiger partial charge in [0.15, 0.2) is 11.5 Å². The lowest BCUT2D eigenvalue weighted by Gasteiger charge is -2.10. The molecule has 0 aliphatic heterocycles. The molecule has 23 heavy (non-hydrogen) atoms. The van der Waals surface area contributed by atoms with Gasteiger partial charge >= 0.3 is 0 Å². The minimum absolute atomic E-state index is 0.158. The maximum absolute atomic E-state index is 12.6. The second kappa shape index (κ2) is 6.04. The van der Waals surface area contributed by atoms with Crippen molar-refractivity contribution in [1.29, 1.82) is 0 Å². The van der Waals surface area contributed by atoms with E-state index in [2.05, 4.69) is 5.32 Å². The summed E-state index contributed by atoms with van der Waals surface area (Å²) in [5, 5.41) is 3.83. The van der Waals surface area contributed by atoms with Crippen molar-refractivity contribution in [2.45, 2.75) is 0 Å². The van der Waals surface area contributed by atoms with Gasteiger partial charge in [-0.3, -0.25) is 4.79 Å². The Morgan fingerprint density at radius 1 is 1.04 bits per heavy atom. The van der Waals surface area contributed by atoms with E-state index >= 15 is 0 Å². The minimum atomic E-state index is -0.158. The highest BCUT2D eigenvalue weighted by molar-refractivity contribution is 6.13. The van der Waals surface area contributed by atoms with Crippen molar-refractivity contribution in [2.24, 2.45) is 7.05 Å². The molecule has 118 valence electrons. The molecule has 0 saturated heterocycles. The van der Waals surface area contributed by atoms with Crippen LogP contribution in [0.1, 0.15) is 10.4 Å². The number of hydrogen-bond donors (Lipinski definition) is 1. The number of carbonyl (C=O) groups is 1. The third-order valence-corrected chi connectivity index (χ3v) is 3.78. The van der Waals surface area contributed by atoms with E-state index in [4.69, 9.17) is 9.47 Å². The summed E-state index contributed by atoms with van der Waals surface area (Å²) in [6, 6.07) is 13.1. The molecule has 0 spiro atoms. The molecule has 0 radical (unpaired) electrons. The summed E-state index contributed by atoms with van der Waals surface area (Å²) in [6.07, 6.45) is 1.83. The summed E-state index contributed by atoms with van der Waals surface area (Å²) in [4.78, 5) is 12.6. The van der Waals surface area contributed by atoms with E-state index in [1.54, 1.807) is 32.4 Å². The summed E-state index contributed by atoms with van der Waals surface area (Å²) >= 11 is 0. The first-order valence-electron chi connectivity index (χ1n) is 7.21. The van der Waals surface area contributed by atoms with Crippen LogP contribution in [0.15, 0.2) is 48.7 Å². The lowest BCUT2D eigenvalue weighted by Crippen LogP contribution is -2.11. The van der Waals surface area contributed by atoms with Gasteiger partial charge in [0.1, 0.15) is 0 Å². The zero-order valence-corrected chi connectivity index (χ0v) is 13.3. The molecule has 5 heteroatoms. The number of rotatable bonds is 4. The summed E-state index contributed by atoms with van der Waals surface area (Å²) in [5.41, 5.74) is 2.31. The second-order valence-corrected chi connectivity index (χ2v) is 5.19. The van der Waals surface area contributed by atoms with Gasteiger partial charge in [0.25, 0.3) is 5.91 Å². The number of ether oxygens (including phenoxy) is 2. The van der Waals surface area contributed by atoms with Crippen LogP contribution in [-0.4, -0.2) is 24.7 Å². The van der Waals surface area contributed by atoms with E-state index in [0.717, 1.165) is 10.9 Å². The van der Waals surface area contributed by atoms with Crippen molar-refractivity contribution in [2.75, 3.05) is 19.5 Å². The first-order valence-corrected chi connectivity index (χ1v) is 7.21. The Labute approximate surface area is 134 Å². The molecular formula is C18H18N2O3. The minimum Gasteiger partial charge on any atom is -0.493 e. The SMILES string of the molecule is COc1ccc(NC(=O)c2cn(C)c3ccccc23)cc1OC. The van der Waals surface area contributed by atoms with Gasteiger partial charge in [-0.1, -0.05) is 18.2 Å². The zero-order valence-electron chi connectivity index (χ0n) is 13.3. The molecule has 5 nitrogen and oxygen atoms in total. The smallest absolute Gasteiger partial charge is 0.257 e. The predicted molar refractivity (Wildman–Crippen MR) is 90.4 cm³/mol. The Morgan fingerprint density at radius 3 is 2.52 bits per heavy atom. The summed E-state index contributed by atoms with van der Waals surface area (Å²) in [7, 11) is 5.07. The summed E-state index contributed by atoms with van der Waals surface area (Å²) in [6.45, 7) is 0. The third-order valence-electron chi connectivity index (χ3n) is 3.78. The predicted octanol–water partition coefficient (Wildman–Crippen LogP) is 3.45. The maximum Gasteiger partial charge on any atom is 0.257 e. The quantitative estimate of drug-likeness (QED) is 0.803. The van der Waals surface area contributed by atoms with Crippen molar-refractivity contribution in [3.8, 4) is 11.5 Å². The van der Waals surface area contributed by atoms with Crippen molar-refractivity contribution >= 4 is 22.5 Å². The monoisotopic (exact) mass is 310 g/mol. The lowest BCUT2D eigenvalue weighted by atomic mass is 10.1. The fourth-order valence-electron chi connectivity index (χ4n) is 2.64. The zero-order chi connectivity index (χ0) is 16.4. The van der Waals surface area contributed by atoms with Crippen LogP contribution in [0.4, 0.5) is 5.69 Å². The molecule has 0 saturated carbocycles. The summed E-state index contributed by atoms with van der Waals surface area (Å²) in [5.74, 6) is 1.04. The van der Waals surface area contributed by atoms with E-state index in [1.807, 2.05) is 42.1 Å². The van der Waals surface area contributed by atoms with Gasteiger partial charge in [-0.15, -0.1) is 0 Å². The molecule has 1 amide bonds. The van der Waals surface area contributed by atoms with E-state index in [9.17, 15) is 4.79 Å². The van der Waals surface area contributed by atoms with Gasteiger partial charge in [0, 0.05) is 35.9 Å². The lowest BCUT2D eigenvalue weighted by molar-refractivity contribution is 0.102. The van der Waals surface area contributed by atoms with Crippen LogP contribution in [0.2, 0.25) is 0 Å². The molecule has 2 aromatic carbocycles. The van der Waals surface area contributed by atoms with Crippen molar-refractivity contribution < 1.29 is 14.3 Å². The highest BCUT2D eigenvalue weighted by Gasteiger charge is 2.14. The van der Waals surface area contributed by atoms with Crippen LogP contribution < -0.4 is 14.8 Å². The number of fused-ring (bicyclic) bond motifs is 1. The number of nitrogens with one attached hydrogen (secondary N) is 1. The van der Waals surface area contributed by atoms with E-state index in [-0.39, 0.29) is 5.91 Å². The third kappa shape index (κ3) is 2.73. The first kappa shape index (κ1) is 15.0. The van der Waals surface area contributed by atoms with Gasteiger partial charge in [0.2, 0.25) is 0 Å². The first-order chi connectivity index (χ1) is 11.1. The van der Waals surface area contributed by atoms with Crippen LogP contribution >= 0.6 is 0 Å². The normalized spacial score (nSPS) is 10.6. The Balaban J connectivity index is 1.92. The molecule has 1 aromatic heterocycles. The number of benzene rings is 2. The molecule has 0 unspecified atom stereocenters. The number of aryl methyl sites for hydroxylation is 1. The fraction of sp³-hybridized carbons (Fsp3) is 0.167. The molecule has 0 bridgehead atoms. The van der Waals surface area contributed by atoms with Crippen molar-refractivity contribution in [3.63, 3.8) is 0 Å². The molecule has 0 aliphatic carbocycles. The molecule has 3 aromatic rings. The number of amides is 1. The topological polar surface area (TPSA) is 52.5 Å². The number of hydrogen-bond acceptors (Lipinski definition) is 3. The van der Waals surface area contributed by atoms with Gasteiger partial charge < -0.3 is 19.4 Å². The van der Waals surface area contributed by atoms with Gasteiger partial charge in [-0.2, -0.15) is 0 Å². The number of nitrogens with zero attached hydrogens (tertiary/aromatic N) is 1. The summed E-state index contributed by atoms with van der Waals surface area (Å²) < 4.78 is 12.4. The van der Waals surface area contributed by atoms with E-state index in [1.165, 1.54) is 0 Å². The van der Waals surface area contributed by atoms with E-state index in [0.29, 0.717) is 22.7 Å². The van der Waals surface area contributed by atoms with Crippen LogP contribution in [0, 0.1) is 0 Å². The average Bonchev–Trinajstić information content (AvgIpc) is 2.92. The van der Waals surface area contributed by atoms with Crippen molar-refractivity contribution in [1.82, 2.24) is 4.57 Å². The number of aromatic nitrogens is 1. The molecule has 0 atom stereocenters. The Morgan fingerprint density at radius 2 is 1.78 bits per heavy atom. The Kier molecular flexibility index (Phi) is 3.93. The average molecular weight is 310 g/mol. The molecule has 3 rings (SSSR count). The molecule has 0 aliphatic rings. The van der Waals surface area contributed by atoms with Gasteiger partial charge in [-0.25, -0.2) is 0 Å². The maximum atomic E-state index is 12.6. The number of methoxy groups -OCH3 is 2. The van der Waals surface area contributed by atoms with Crippen LogP contribution in [0.25, 0.3) is 10.9 Å². The fourth-order valence-corrected chi connectivity index (χ4v) is 2.64. The number of anilines is 1. The highest BCUT2D eigenvalue weighted by atomic mass is 16.5. The van der Waals surface area contributed by atoms with Crippen LogP contribution in [0.5, 0.6) is 11.5 Å². The molecule has 1 heterocycles. The number of para-hydroxylation sites is 1.